The summed E-state index contributed by atoms with van der Waals surface area (Å²) in [6, 6.07) is 12.5. The minimum absolute atomic E-state index is 0.222. The lowest BCUT2D eigenvalue weighted by atomic mass is 10.1. The maximum Gasteiger partial charge on any atom is 0.319 e. The average molecular weight is 323 g/mol. The van der Waals surface area contributed by atoms with Crippen molar-refractivity contribution in [2.75, 3.05) is 19.0 Å². The Morgan fingerprint density at radius 3 is 2.64 bits per heavy atom. The number of anilines is 1. The molecule has 0 aliphatic carbocycles. The van der Waals surface area contributed by atoms with Crippen LogP contribution < -0.4 is 10.6 Å². The van der Waals surface area contributed by atoms with E-state index in [1.165, 1.54) is 19.2 Å². The lowest BCUT2D eigenvalue weighted by molar-refractivity contribution is 0.104. The van der Waals surface area contributed by atoms with Crippen LogP contribution in [0.3, 0.4) is 0 Å². The zero-order valence-electron chi connectivity index (χ0n) is 12.0. The van der Waals surface area contributed by atoms with Crippen LogP contribution in [0.4, 0.5) is 14.9 Å². The first-order chi connectivity index (χ1) is 10.6. The minimum Gasteiger partial charge on any atom is -0.375 e. The number of carbonyl (C=O) groups excluding carboxylic acids is 1. The number of carbonyl (C=O) groups is 1. The summed E-state index contributed by atoms with van der Waals surface area (Å²) < 4.78 is 18.5. The van der Waals surface area contributed by atoms with Crippen molar-refractivity contribution in [3.05, 3.63) is 64.9 Å². The van der Waals surface area contributed by atoms with Gasteiger partial charge in [-0.3, -0.25) is 0 Å². The van der Waals surface area contributed by atoms with E-state index in [0.29, 0.717) is 16.3 Å². The van der Waals surface area contributed by atoms with E-state index in [1.807, 2.05) is 0 Å². The van der Waals surface area contributed by atoms with Crippen LogP contribution in [0.5, 0.6) is 0 Å². The summed E-state index contributed by atoms with van der Waals surface area (Å²) >= 11 is 5.77. The van der Waals surface area contributed by atoms with E-state index < -0.39 is 6.10 Å². The summed E-state index contributed by atoms with van der Waals surface area (Å²) in [6.07, 6.45) is -0.424. The first-order valence-electron chi connectivity index (χ1n) is 6.67. The summed E-state index contributed by atoms with van der Waals surface area (Å²) in [6.45, 7) is 0.222. The van der Waals surface area contributed by atoms with Gasteiger partial charge >= 0.3 is 6.03 Å². The first kappa shape index (κ1) is 16.3. The highest BCUT2D eigenvalue weighted by Crippen LogP contribution is 2.17. The molecule has 1 unspecified atom stereocenters. The van der Waals surface area contributed by atoms with Gasteiger partial charge < -0.3 is 15.4 Å². The standard InChI is InChI=1S/C16H16ClFN2O2/c1-22-15(11-3-2-4-13(18)9-11)10-19-16(21)20-14-7-5-12(17)6-8-14/h2-9,15H,10H2,1H3,(H2,19,20,21). The van der Waals surface area contributed by atoms with Crippen LogP contribution in [0.1, 0.15) is 11.7 Å². The Morgan fingerprint density at radius 1 is 1.27 bits per heavy atom. The molecule has 2 rings (SSSR count). The predicted molar refractivity (Wildman–Crippen MR) is 84.6 cm³/mol. The molecule has 0 radical (unpaired) electrons. The van der Waals surface area contributed by atoms with Gasteiger partial charge in [0.05, 0.1) is 6.10 Å². The quantitative estimate of drug-likeness (QED) is 0.874. The fourth-order valence-corrected chi connectivity index (χ4v) is 2.06. The predicted octanol–water partition coefficient (Wildman–Crippen LogP) is 3.99. The summed E-state index contributed by atoms with van der Waals surface area (Å²) in [5, 5.41) is 5.95. The molecule has 2 aromatic carbocycles. The molecule has 116 valence electrons. The van der Waals surface area contributed by atoms with E-state index >= 15 is 0 Å². The van der Waals surface area contributed by atoms with Crippen molar-refractivity contribution in [2.24, 2.45) is 0 Å². The molecule has 0 aromatic heterocycles. The van der Waals surface area contributed by atoms with E-state index in [-0.39, 0.29) is 18.4 Å². The summed E-state index contributed by atoms with van der Waals surface area (Å²) in [7, 11) is 1.51. The number of halogens is 2. The Morgan fingerprint density at radius 2 is 2.00 bits per heavy atom. The Bertz CT molecular complexity index is 634. The van der Waals surface area contributed by atoms with Gasteiger partial charge in [-0.15, -0.1) is 0 Å². The van der Waals surface area contributed by atoms with Crippen molar-refractivity contribution in [3.63, 3.8) is 0 Å². The van der Waals surface area contributed by atoms with Gasteiger partial charge in [-0.05, 0) is 42.0 Å². The molecule has 0 heterocycles. The molecule has 0 aliphatic rings. The number of hydrogen-bond acceptors (Lipinski definition) is 2. The van der Waals surface area contributed by atoms with E-state index in [0.717, 1.165) is 0 Å². The van der Waals surface area contributed by atoms with Crippen LogP contribution in [-0.2, 0) is 4.74 Å². The van der Waals surface area contributed by atoms with Crippen molar-refractivity contribution >= 4 is 23.3 Å². The molecule has 0 bridgehead atoms. The van der Waals surface area contributed by atoms with Gasteiger partial charge in [0.25, 0.3) is 0 Å². The molecule has 0 aliphatic heterocycles. The largest absolute Gasteiger partial charge is 0.375 e. The molecular weight excluding hydrogens is 307 g/mol. The number of rotatable bonds is 5. The third kappa shape index (κ3) is 4.72. The van der Waals surface area contributed by atoms with Crippen LogP contribution >= 0.6 is 11.6 Å². The molecule has 6 heteroatoms. The van der Waals surface area contributed by atoms with Gasteiger partial charge in [-0.1, -0.05) is 23.7 Å². The normalized spacial score (nSPS) is 11.8. The third-order valence-electron chi connectivity index (χ3n) is 3.06. The van der Waals surface area contributed by atoms with Gasteiger partial charge in [0, 0.05) is 24.4 Å². The molecule has 1 atom stereocenters. The van der Waals surface area contributed by atoms with Crippen LogP contribution in [0, 0.1) is 5.82 Å². The summed E-state index contributed by atoms with van der Waals surface area (Å²) in [5.74, 6) is -0.342. The Hall–Kier alpha value is -2.11. The summed E-state index contributed by atoms with van der Waals surface area (Å²) in [5.41, 5.74) is 1.29. The molecular formula is C16H16ClFN2O2. The molecule has 0 spiro atoms. The molecule has 0 saturated carbocycles. The van der Waals surface area contributed by atoms with Crippen molar-refractivity contribution < 1.29 is 13.9 Å². The van der Waals surface area contributed by atoms with Gasteiger partial charge in [0.15, 0.2) is 0 Å². The molecule has 2 amide bonds. The van der Waals surface area contributed by atoms with Gasteiger partial charge in [0.2, 0.25) is 0 Å². The third-order valence-corrected chi connectivity index (χ3v) is 3.31. The van der Waals surface area contributed by atoms with Crippen molar-refractivity contribution in [1.82, 2.24) is 5.32 Å². The number of hydrogen-bond donors (Lipinski definition) is 2. The Labute approximate surface area is 133 Å². The zero-order chi connectivity index (χ0) is 15.9. The number of amides is 2. The highest BCUT2D eigenvalue weighted by Gasteiger charge is 2.12. The van der Waals surface area contributed by atoms with Crippen LogP contribution in [-0.4, -0.2) is 19.7 Å². The van der Waals surface area contributed by atoms with E-state index in [2.05, 4.69) is 10.6 Å². The van der Waals surface area contributed by atoms with Crippen molar-refractivity contribution in [3.8, 4) is 0 Å². The minimum atomic E-state index is -0.424. The number of benzene rings is 2. The van der Waals surface area contributed by atoms with Crippen LogP contribution in [0.2, 0.25) is 5.02 Å². The zero-order valence-corrected chi connectivity index (χ0v) is 12.7. The number of urea groups is 1. The van der Waals surface area contributed by atoms with E-state index in [4.69, 9.17) is 16.3 Å². The Kier molecular flexibility index (Phi) is 5.75. The SMILES string of the molecule is COC(CNC(=O)Nc1ccc(Cl)cc1)c1cccc(F)c1. The highest BCUT2D eigenvalue weighted by molar-refractivity contribution is 6.30. The van der Waals surface area contributed by atoms with Crippen LogP contribution in [0.25, 0.3) is 0 Å². The lowest BCUT2D eigenvalue weighted by Crippen LogP contribution is -2.32. The fourth-order valence-electron chi connectivity index (χ4n) is 1.94. The monoisotopic (exact) mass is 322 g/mol. The fraction of sp³-hybridized carbons (Fsp3) is 0.188. The second kappa shape index (κ2) is 7.77. The van der Waals surface area contributed by atoms with Gasteiger partial charge in [-0.2, -0.15) is 0 Å². The molecule has 4 nitrogen and oxygen atoms in total. The van der Waals surface area contributed by atoms with Crippen molar-refractivity contribution in [1.29, 1.82) is 0 Å². The smallest absolute Gasteiger partial charge is 0.319 e. The molecule has 2 aromatic rings. The number of ether oxygens (including phenoxy) is 1. The molecule has 0 fully saturated rings. The summed E-state index contributed by atoms with van der Waals surface area (Å²) in [4.78, 5) is 11.8. The van der Waals surface area contributed by atoms with Crippen molar-refractivity contribution in [2.45, 2.75) is 6.10 Å². The van der Waals surface area contributed by atoms with E-state index in [9.17, 15) is 9.18 Å². The second-order valence-electron chi connectivity index (χ2n) is 4.62. The topological polar surface area (TPSA) is 50.4 Å². The number of methoxy groups -OCH3 is 1. The maximum absolute atomic E-state index is 13.2. The maximum atomic E-state index is 13.2. The van der Waals surface area contributed by atoms with Gasteiger partial charge in [0.1, 0.15) is 5.82 Å². The lowest BCUT2D eigenvalue weighted by Gasteiger charge is -2.17. The average Bonchev–Trinajstić information content (AvgIpc) is 2.50. The molecule has 22 heavy (non-hydrogen) atoms. The van der Waals surface area contributed by atoms with Crippen LogP contribution in [0.15, 0.2) is 48.5 Å². The molecule has 0 saturated heterocycles. The number of nitrogens with one attached hydrogen (secondary N) is 2. The Balaban J connectivity index is 1.90. The van der Waals surface area contributed by atoms with Gasteiger partial charge in [-0.25, -0.2) is 9.18 Å². The van der Waals surface area contributed by atoms with E-state index in [1.54, 1.807) is 36.4 Å². The molecule has 2 N–H and O–H groups in total. The first-order valence-corrected chi connectivity index (χ1v) is 7.05. The highest BCUT2D eigenvalue weighted by atomic mass is 35.5. The second-order valence-corrected chi connectivity index (χ2v) is 5.06.